The van der Waals surface area contributed by atoms with E-state index in [0.29, 0.717) is 35.0 Å². The summed E-state index contributed by atoms with van der Waals surface area (Å²) in [4.78, 5) is 5.22. The topological polar surface area (TPSA) is 78.6 Å². The Bertz CT molecular complexity index is 1800. The highest BCUT2D eigenvalue weighted by Gasteiger charge is 2.22. The van der Waals surface area contributed by atoms with E-state index in [1.165, 1.54) is 7.11 Å². The number of pyridine rings is 1. The van der Waals surface area contributed by atoms with Gasteiger partial charge < -0.3 is 19.3 Å². The van der Waals surface area contributed by atoms with Crippen molar-refractivity contribution in [2.24, 2.45) is 0 Å². The second-order valence-corrected chi connectivity index (χ2v) is 9.15. The average molecular weight is 518 g/mol. The van der Waals surface area contributed by atoms with Crippen molar-refractivity contribution in [3.8, 4) is 39.9 Å². The molecule has 7 nitrogen and oxygen atoms in total. The Kier molecular flexibility index (Phi) is 6.25. The van der Waals surface area contributed by atoms with Gasteiger partial charge in [0.1, 0.15) is 0 Å². The summed E-state index contributed by atoms with van der Waals surface area (Å²) in [7, 11) is 4.78. The SMILES string of the molecule is COc1cc(-c2nc3c(c(Cc4ccccc4)nn3-c3ccccc3)c3cc(OC)c(OC)cc23)ccc1O. The van der Waals surface area contributed by atoms with Crippen molar-refractivity contribution >= 4 is 21.8 Å². The molecule has 194 valence electrons. The molecule has 7 heteroatoms. The van der Waals surface area contributed by atoms with Gasteiger partial charge in [-0.25, -0.2) is 9.67 Å². The standard InChI is InChI=1S/C32H27N3O4/c1-37-27-17-21(14-15-26(27)36)31-24-19-29(39-3)28(38-2)18-23(24)30-25(16-20-10-6-4-7-11-20)34-35(32(30)33-31)22-12-8-5-9-13-22/h4-15,17-19,36H,16H2,1-3H3. The minimum absolute atomic E-state index is 0.0605. The summed E-state index contributed by atoms with van der Waals surface area (Å²) >= 11 is 0. The number of phenols is 1. The molecule has 2 heterocycles. The van der Waals surface area contributed by atoms with Crippen LogP contribution < -0.4 is 14.2 Å². The van der Waals surface area contributed by atoms with Crippen LogP contribution in [0, 0.1) is 0 Å². The molecule has 0 atom stereocenters. The van der Waals surface area contributed by atoms with Crippen LogP contribution >= 0.6 is 0 Å². The van der Waals surface area contributed by atoms with Gasteiger partial charge >= 0.3 is 0 Å². The number of rotatable bonds is 7. The van der Waals surface area contributed by atoms with E-state index in [-0.39, 0.29) is 5.75 Å². The van der Waals surface area contributed by atoms with E-state index in [1.54, 1.807) is 26.4 Å². The third-order valence-corrected chi connectivity index (χ3v) is 6.87. The first-order chi connectivity index (χ1) is 19.1. The highest BCUT2D eigenvalue weighted by atomic mass is 16.5. The van der Waals surface area contributed by atoms with Crippen molar-refractivity contribution in [2.45, 2.75) is 6.42 Å². The Balaban J connectivity index is 1.74. The number of ether oxygens (including phenoxy) is 3. The molecular weight excluding hydrogens is 490 g/mol. The molecule has 6 aromatic rings. The number of benzene rings is 4. The molecule has 0 bridgehead atoms. The molecule has 0 aliphatic carbocycles. The fraction of sp³-hybridized carbons (Fsp3) is 0.125. The van der Waals surface area contributed by atoms with Crippen molar-refractivity contribution in [3.63, 3.8) is 0 Å². The molecule has 0 spiro atoms. The minimum Gasteiger partial charge on any atom is -0.504 e. The highest BCUT2D eigenvalue weighted by Crippen LogP contribution is 2.42. The Morgan fingerprint density at radius 1 is 0.718 bits per heavy atom. The van der Waals surface area contributed by atoms with Crippen molar-refractivity contribution in [2.75, 3.05) is 21.3 Å². The third kappa shape index (κ3) is 4.28. The van der Waals surface area contributed by atoms with Gasteiger partial charge in [-0.15, -0.1) is 0 Å². The van der Waals surface area contributed by atoms with Crippen LogP contribution in [0.4, 0.5) is 0 Å². The molecule has 6 rings (SSSR count). The van der Waals surface area contributed by atoms with E-state index in [1.807, 2.05) is 71.4 Å². The van der Waals surface area contributed by atoms with E-state index >= 15 is 0 Å². The third-order valence-electron chi connectivity index (χ3n) is 6.87. The summed E-state index contributed by atoms with van der Waals surface area (Å²) in [6.45, 7) is 0. The number of methoxy groups -OCH3 is 3. The summed E-state index contributed by atoms with van der Waals surface area (Å²) in [5.74, 6) is 1.64. The van der Waals surface area contributed by atoms with Crippen LogP contribution in [-0.2, 0) is 6.42 Å². The lowest BCUT2D eigenvalue weighted by atomic mass is 9.98. The first-order valence-electron chi connectivity index (χ1n) is 12.5. The number of aromatic hydroxyl groups is 1. The van der Waals surface area contributed by atoms with Gasteiger partial charge in [0.15, 0.2) is 28.6 Å². The van der Waals surface area contributed by atoms with E-state index in [9.17, 15) is 5.11 Å². The molecule has 0 fully saturated rings. The minimum atomic E-state index is 0.0605. The van der Waals surface area contributed by atoms with Crippen LogP contribution in [-0.4, -0.2) is 41.2 Å². The van der Waals surface area contributed by atoms with Gasteiger partial charge in [-0.2, -0.15) is 5.10 Å². The molecule has 0 unspecified atom stereocenters. The van der Waals surface area contributed by atoms with Crippen LogP contribution in [0.25, 0.3) is 38.8 Å². The predicted octanol–water partition coefficient (Wildman–Crippen LogP) is 6.56. The van der Waals surface area contributed by atoms with E-state index in [4.69, 9.17) is 24.3 Å². The average Bonchev–Trinajstić information content (AvgIpc) is 3.35. The summed E-state index contributed by atoms with van der Waals surface area (Å²) in [5, 5.41) is 18.1. The number of hydrogen-bond donors (Lipinski definition) is 1. The molecule has 0 saturated heterocycles. The lowest BCUT2D eigenvalue weighted by Gasteiger charge is -2.14. The van der Waals surface area contributed by atoms with Crippen LogP contribution in [0.3, 0.4) is 0 Å². The molecule has 2 aromatic heterocycles. The van der Waals surface area contributed by atoms with Crippen molar-refractivity contribution in [1.29, 1.82) is 0 Å². The van der Waals surface area contributed by atoms with Crippen LogP contribution in [0.15, 0.2) is 91.0 Å². The first-order valence-corrected chi connectivity index (χ1v) is 12.5. The number of nitrogens with zero attached hydrogens (tertiary/aromatic N) is 3. The lowest BCUT2D eigenvalue weighted by Crippen LogP contribution is -1.99. The van der Waals surface area contributed by atoms with Gasteiger partial charge in [0.2, 0.25) is 0 Å². The molecule has 0 amide bonds. The molecule has 0 aliphatic rings. The lowest BCUT2D eigenvalue weighted by molar-refractivity contribution is 0.356. The molecule has 0 radical (unpaired) electrons. The largest absolute Gasteiger partial charge is 0.504 e. The second kappa shape index (κ2) is 10.0. The monoisotopic (exact) mass is 517 g/mol. The van der Waals surface area contributed by atoms with E-state index < -0.39 is 0 Å². The first kappa shape index (κ1) is 24.3. The molecule has 1 N–H and O–H groups in total. The zero-order valence-electron chi connectivity index (χ0n) is 21.9. The summed E-state index contributed by atoms with van der Waals surface area (Å²) < 4.78 is 18.7. The van der Waals surface area contributed by atoms with Crippen LogP contribution in [0.1, 0.15) is 11.3 Å². The summed E-state index contributed by atoms with van der Waals surface area (Å²) in [6.07, 6.45) is 0.634. The maximum absolute atomic E-state index is 10.3. The van der Waals surface area contributed by atoms with Gasteiger partial charge in [-0.1, -0.05) is 48.5 Å². The molecule has 0 saturated carbocycles. The van der Waals surface area contributed by atoms with Gasteiger partial charge in [0, 0.05) is 22.8 Å². The fourth-order valence-corrected chi connectivity index (χ4v) is 4.99. The Morgan fingerprint density at radius 2 is 1.36 bits per heavy atom. The number of para-hydroxylation sites is 1. The molecule has 0 aliphatic heterocycles. The quantitative estimate of drug-likeness (QED) is 0.258. The van der Waals surface area contributed by atoms with Gasteiger partial charge in [0.05, 0.1) is 43.8 Å². The summed E-state index contributed by atoms with van der Waals surface area (Å²) in [6, 6.07) is 29.4. The Morgan fingerprint density at radius 3 is 2.03 bits per heavy atom. The second-order valence-electron chi connectivity index (χ2n) is 9.15. The molecule has 4 aromatic carbocycles. The zero-order chi connectivity index (χ0) is 26.9. The number of phenolic OH excluding ortho intramolecular Hbond substituents is 1. The van der Waals surface area contributed by atoms with Crippen LogP contribution in [0.2, 0.25) is 0 Å². The Labute approximate surface area is 225 Å². The van der Waals surface area contributed by atoms with Gasteiger partial charge in [-0.3, -0.25) is 0 Å². The molecule has 39 heavy (non-hydrogen) atoms. The highest BCUT2D eigenvalue weighted by molar-refractivity contribution is 6.12. The fourth-order valence-electron chi connectivity index (χ4n) is 4.99. The van der Waals surface area contributed by atoms with Crippen molar-refractivity contribution in [3.05, 3.63) is 102 Å². The number of hydrogen-bond acceptors (Lipinski definition) is 6. The molecular formula is C32H27N3O4. The summed E-state index contributed by atoms with van der Waals surface area (Å²) in [5.41, 5.74) is 5.17. The van der Waals surface area contributed by atoms with E-state index in [2.05, 4.69) is 12.1 Å². The van der Waals surface area contributed by atoms with E-state index in [0.717, 1.165) is 38.7 Å². The predicted molar refractivity (Wildman–Crippen MR) is 152 cm³/mol. The Hall–Kier alpha value is -5.04. The maximum Gasteiger partial charge on any atom is 0.164 e. The van der Waals surface area contributed by atoms with Gasteiger partial charge in [-0.05, 0) is 48.0 Å². The zero-order valence-corrected chi connectivity index (χ0v) is 21.9. The number of fused-ring (bicyclic) bond motifs is 3. The maximum atomic E-state index is 10.3. The van der Waals surface area contributed by atoms with Crippen molar-refractivity contribution in [1.82, 2.24) is 14.8 Å². The number of aromatic nitrogens is 3. The normalized spacial score (nSPS) is 11.2. The smallest absolute Gasteiger partial charge is 0.164 e. The van der Waals surface area contributed by atoms with Crippen LogP contribution in [0.5, 0.6) is 23.0 Å². The van der Waals surface area contributed by atoms with Crippen molar-refractivity contribution < 1.29 is 19.3 Å². The van der Waals surface area contributed by atoms with Gasteiger partial charge in [0.25, 0.3) is 0 Å².